The predicted octanol–water partition coefficient (Wildman–Crippen LogP) is 0.531. The first-order chi connectivity index (χ1) is 6.15. The topological polar surface area (TPSA) is 64.1 Å². The third-order valence-electron chi connectivity index (χ3n) is 1.86. The molecule has 1 heterocycles. The van der Waals surface area contributed by atoms with Gasteiger partial charge in [-0.1, -0.05) is 13.8 Å². The summed E-state index contributed by atoms with van der Waals surface area (Å²) in [7, 11) is 0. The highest BCUT2D eigenvalue weighted by Crippen LogP contribution is 2.10. The quantitative estimate of drug-likeness (QED) is 0.715. The Balaban J connectivity index is 2.76. The minimum atomic E-state index is -0.318. The van der Waals surface area contributed by atoms with Crippen LogP contribution in [0.2, 0.25) is 0 Å². The maximum atomic E-state index is 8.90. The third kappa shape index (κ3) is 2.54. The van der Waals surface area contributed by atoms with Gasteiger partial charge >= 0.3 is 0 Å². The van der Waals surface area contributed by atoms with E-state index in [9.17, 15) is 0 Å². The summed E-state index contributed by atoms with van der Waals surface area (Å²) in [6, 6.07) is 1.53. The van der Waals surface area contributed by atoms with Crippen molar-refractivity contribution in [2.75, 3.05) is 6.61 Å². The van der Waals surface area contributed by atoms with Crippen LogP contribution in [-0.2, 0) is 6.54 Å². The van der Waals surface area contributed by atoms with Crippen molar-refractivity contribution in [3.63, 3.8) is 0 Å². The van der Waals surface area contributed by atoms with Gasteiger partial charge in [-0.3, -0.25) is 4.68 Å². The van der Waals surface area contributed by atoms with Crippen LogP contribution in [-0.4, -0.2) is 21.5 Å². The van der Waals surface area contributed by atoms with Crippen LogP contribution < -0.4 is 5.73 Å². The number of aliphatic hydroxyl groups excluding tert-OH is 1. The van der Waals surface area contributed by atoms with Crippen LogP contribution in [0.1, 0.15) is 25.6 Å². The minimum absolute atomic E-state index is 0.0379. The molecule has 1 atom stereocenters. The number of nitrogens with zero attached hydrogens (tertiary/aromatic N) is 2. The normalized spacial score (nSPS) is 13.6. The number of hydrogen-bond donors (Lipinski definition) is 2. The van der Waals surface area contributed by atoms with E-state index in [1.54, 1.807) is 6.20 Å². The van der Waals surface area contributed by atoms with Gasteiger partial charge < -0.3 is 10.8 Å². The molecule has 0 spiro atoms. The summed E-state index contributed by atoms with van der Waals surface area (Å²) in [5.74, 6) is 0.532. The lowest BCUT2D eigenvalue weighted by molar-refractivity contribution is 0.260. The molecule has 0 fully saturated rings. The van der Waals surface area contributed by atoms with E-state index < -0.39 is 0 Å². The van der Waals surface area contributed by atoms with Crippen LogP contribution in [0.5, 0.6) is 0 Å². The lowest BCUT2D eigenvalue weighted by Crippen LogP contribution is -2.20. The van der Waals surface area contributed by atoms with Crippen molar-refractivity contribution in [3.8, 4) is 0 Å². The summed E-state index contributed by atoms with van der Waals surface area (Å²) in [6.07, 6.45) is 1.72. The number of rotatable bonds is 4. The second-order valence-electron chi connectivity index (χ2n) is 3.62. The van der Waals surface area contributed by atoms with Gasteiger partial charge in [0, 0.05) is 12.7 Å². The monoisotopic (exact) mass is 183 g/mol. The third-order valence-corrected chi connectivity index (χ3v) is 1.86. The highest BCUT2D eigenvalue weighted by atomic mass is 16.3. The number of nitrogens with two attached hydrogens (primary N) is 1. The smallest absolute Gasteiger partial charge is 0.0701 e. The van der Waals surface area contributed by atoms with Crippen LogP contribution in [0.25, 0.3) is 0 Å². The second-order valence-corrected chi connectivity index (χ2v) is 3.62. The van der Waals surface area contributed by atoms with Gasteiger partial charge in [0.1, 0.15) is 0 Å². The summed E-state index contributed by atoms with van der Waals surface area (Å²) in [5.41, 5.74) is 6.60. The molecule has 0 aromatic carbocycles. The van der Waals surface area contributed by atoms with Crippen molar-refractivity contribution in [1.29, 1.82) is 0 Å². The Morgan fingerprint density at radius 3 is 2.85 bits per heavy atom. The van der Waals surface area contributed by atoms with Gasteiger partial charge in [0.25, 0.3) is 0 Å². The second kappa shape index (κ2) is 4.39. The molecule has 1 rings (SSSR count). The minimum Gasteiger partial charge on any atom is -0.394 e. The predicted molar refractivity (Wildman–Crippen MR) is 51.1 cm³/mol. The number of hydrogen-bond acceptors (Lipinski definition) is 3. The first-order valence-corrected chi connectivity index (χ1v) is 4.53. The summed E-state index contributed by atoms with van der Waals surface area (Å²) < 4.78 is 1.85. The Labute approximate surface area is 78.4 Å². The van der Waals surface area contributed by atoms with Gasteiger partial charge in [-0.2, -0.15) is 5.10 Å². The van der Waals surface area contributed by atoms with Crippen molar-refractivity contribution >= 4 is 0 Å². The van der Waals surface area contributed by atoms with Crippen molar-refractivity contribution < 1.29 is 5.11 Å². The van der Waals surface area contributed by atoms with E-state index >= 15 is 0 Å². The molecule has 3 N–H and O–H groups in total. The van der Waals surface area contributed by atoms with Gasteiger partial charge in [0.05, 0.1) is 18.3 Å². The molecule has 0 radical (unpaired) electrons. The lowest BCUT2D eigenvalue weighted by Gasteiger charge is -2.13. The molecule has 1 aromatic heterocycles. The Morgan fingerprint density at radius 1 is 1.62 bits per heavy atom. The molecule has 1 aromatic rings. The Hall–Kier alpha value is -0.870. The number of aromatic nitrogens is 2. The van der Waals surface area contributed by atoms with E-state index in [0.717, 1.165) is 12.2 Å². The molecule has 0 saturated heterocycles. The molecular weight excluding hydrogens is 166 g/mol. The molecule has 4 heteroatoms. The number of aliphatic hydroxyl groups is 1. The van der Waals surface area contributed by atoms with Crippen molar-refractivity contribution in [2.45, 2.75) is 26.4 Å². The highest BCUT2D eigenvalue weighted by molar-refractivity contribution is 5.06. The van der Waals surface area contributed by atoms with Crippen LogP contribution in [0, 0.1) is 5.92 Å². The molecule has 0 saturated carbocycles. The van der Waals surface area contributed by atoms with Crippen LogP contribution in [0.15, 0.2) is 12.3 Å². The highest BCUT2D eigenvalue weighted by Gasteiger charge is 2.10. The standard InChI is InChI=1S/C9H17N3O/c1-7(2)5-12-9(3-4-11-12)8(10)6-13/h3-4,7-8,13H,5-6,10H2,1-2H3. The van der Waals surface area contributed by atoms with E-state index in [1.807, 2.05) is 10.7 Å². The van der Waals surface area contributed by atoms with Crippen LogP contribution in [0.3, 0.4) is 0 Å². The zero-order valence-electron chi connectivity index (χ0n) is 8.14. The fraction of sp³-hybridized carbons (Fsp3) is 0.667. The summed E-state index contributed by atoms with van der Waals surface area (Å²) in [5, 5.41) is 13.0. The Kier molecular flexibility index (Phi) is 3.45. The zero-order chi connectivity index (χ0) is 9.84. The fourth-order valence-electron chi connectivity index (χ4n) is 1.25. The Morgan fingerprint density at radius 2 is 2.31 bits per heavy atom. The summed E-state index contributed by atoms with van der Waals surface area (Å²) in [6.45, 7) is 5.05. The van der Waals surface area contributed by atoms with E-state index in [2.05, 4.69) is 18.9 Å². The van der Waals surface area contributed by atoms with E-state index in [0.29, 0.717) is 5.92 Å². The molecule has 13 heavy (non-hydrogen) atoms. The van der Waals surface area contributed by atoms with Crippen LogP contribution >= 0.6 is 0 Å². The van der Waals surface area contributed by atoms with E-state index in [-0.39, 0.29) is 12.6 Å². The molecular formula is C9H17N3O. The first-order valence-electron chi connectivity index (χ1n) is 4.53. The van der Waals surface area contributed by atoms with E-state index in [4.69, 9.17) is 10.8 Å². The Bertz CT molecular complexity index is 257. The van der Waals surface area contributed by atoms with Gasteiger partial charge in [-0.05, 0) is 12.0 Å². The van der Waals surface area contributed by atoms with Crippen molar-refractivity contribution in [3.05, 3.63) is 18.0 Å². The molecule has 0 amide bonds. The molecule has 74 valence electrons. The lowest BCUT2D eigenvalue weighted by atomic mass is 10.2. The first kappa shape index (κ1) is 10.2. The van der Waals surface area contributed by atoms with Crippen molar-refractivity contribution in [1.82, 2.24) is 9.78 Å². The van der Waals surface area contributed by atoms with Crippen molar-refractivity contribution in [2.24, 2.45) is 11.7 Å². The van der Waals surface area contributed by atoms with Crippen LogP contribution in [0.4, 0.5) is 0 Å². The average Bonchev–Trinajstić information content (AvgIpc) is 2.50. The molecule has 0 aliphatic rings. The summed E-state index contributed by atoms with van der Waals surface area (Å²) in [4.78, 5) is 0. The maximum Gasteiger partial charge on any atom is 0.0701 e. The summed E-state index contributed by atoms with van der Waals surface area (Å²) >= 11 is 0. The van der Waals surface area contributed by atoms with Gasteiger partial charge in [-0.25, -0.2) is 0 Å². The van der Waals surface area contributed by atoms with Gasteiger partial charge in [0.2, 0.25) is 0 Å². The zero-order valence-corrected chi connectivity index (χ0v) is 8.14. The average molecular weight is 183 g/mol. The van der Waals surface area contributed by atoms with Gasteiger partial charge in [0.15, 0.2) is 0 Å². The molecule has 1 unspecified atom stereocenters. The molecule has 4 nitrogen and oxygen atoms in total. The molecule has 0 bridgehead atoms. The van der Waals surface area contributed by atoms with Gasteiger partial charge in [-0.15, -0.1) is 0 Å². The fourth-order valence-corrected chi connectivity index (χ4v) is 1.25. The SMILES string of the molecule is CC(C)Cn1nccc1C(N)CO. The maximum absolute atomic E-state index is 8.90. The largest absolute Gasteiger partial charge is 0.394 e. The molecule has 0 aliphatic carbocycles. The molecule has 0 aliphatic heterocycles. The van der Waals surface area contributed by atoms with E-state index in [1.165, 1.54) is 0 Å².